The molecule has 0 saturated carbocycles. The normalized spacial score (nSPS) is 12.6. The Balaban J connectivity index is 2.23. The zero-order valence-electron chi connectivity index (χ0n) is 17.6. The molecule has 0 aliphatic heterocycles. The SMILES string of the molecule is COC(=O)[C@@H](Cc1c(C)cccc1C)NC(=O)[C@H](Cc1cccc(F)c1)NC(C)=O. The molecule has 2 atom stereocenters. The van der Waals surface area contributed by atoms with E-state index in [1.54, 1.807) is 6.07 Å². The van der Waals surface area contributed by atoms with Gasteiger partial charge in [-0.05, 0) is 48.2 Å². The lowest BCUT2D eigenvalue weighted by atomic mass is 9.96. The highest BCUT2D eigenvalue weighted by Gasteiger charge is 2.28. The van der Waals surface area contributed by atoms with Crippen LogP contribution < -0.4 is 10.6 Å². The van der Waals surface area contributed by atoms with Crippen LogP contribution in [0.4, 0.5) is 4.39 Å². The summed E-state index contributed by atoms with van der Waals surface area (Å²) in [6.07, 6.45) is 0.337. The molecule has 2 N–H and O–H groups in total. The Hall–Kier alpha value is -3.22. The number of aryl methyl sites for hydroxylation is 2. The fourth-order valence-corrected chi connectivity index (χ4v) is 3.34. The Bertz CT molecular complexity index is 909. The maximum atomic E-state index is 13.5. The fourth-order valence-electron chi connectivity index (χ4n) is 3.34. The van der Waals surface area contributed by atoms with Crippen LogP contribution in [0.2, 0.25) is 0 Å². The van der Waals surface area contributed by atoms with Gasteiger partial charge in [0, 0.05) is 19.8 Å². The Morgan fingerprint density at radius 1 is 0.967 bits per heavy atom. The Kier molecular flexibility index (Phi) is 8.09. The molecule has 2 aromatic carbocycles. The van der Waals surface area contributed by atoms with Crippen molar-refractivity contribution in [3.05, 3.63) is 70.5 Å². The maximum Gasteiger partial charge on any atom is 0.328 e. The number of halogens is 1. The molecule has 30 heavy (non-hydrogen) atoms. The quantitative estimate of drug-likeness (QED) is 0.650. The summed E-state index contributed by atoms with van der Waals surface area (Å²) in [5, 5.41) is 5.26. The molecule has 2 amide bonds. The Morgan fingerprint density at radius 2 is 1.60 bits per heavy atom. The minimum atomic E-state index is -0.963. The maximum absolute atomic E-state index is 13.5. The average molecular weight is 414 g/mol. The number of carbonyl (C=O) groups excluding carboxylic acids is 3. The molecule has 0 aromatic heterocycles. The molecule has 0 spiro atoms. The van der Waals surface area contributed by atoms with E-state index in [2.05, 4.69) is 10.6 Å². The number of nitrogens with one attached hydrogen (secondary N) is 2. The summed E-state index contributed by atoms with van der Waals surface area (Å²) in [4.78, 5) is 36.9. The predicted octanol–water partition coefficient (Wildman–Crippen LogP) is 2.39. The van der Waals surface area contributed by atoms with Gasteiger partial charge in [-0.15, -0.1) is 0 Å². The van der Waals surface area contributed by atoms with Gasteiger partial charge >= 0.3 is 5.97 Å². The first kappa shape index (κ1) is 23.1. The van der Waals surface area contributed by atoms with E-state index in [1.165, 1.54) is 32.2 Å². The number of esters is 1. The van der Waals surface area contributed by atoms with E-state index < -0.39 is 35.7 Å². The van der Waals surface area contributed by atoms with E-state index in [9.17, 15) is 18.8 Å². The second-order valence-corrected chi connectivity index (χ2v) is 7.25. The number of carbonyl (C=O) groups is 3. The number of rotatable bonds is 8. The molecular formula is C23H27FN2O4. The van der Waals surface area contributed by atoms with Crippen LogP contribution in [0.25, 0.3) is 0 Å². The van der Waals surface area contributed by atoms with Gasteiger partial charge in [-0.2, -0.15) is 0 Å². The highest BCUT2D eigenvalue weighted by Crippen LogP contribution is 2.16. The molecule has 0 bridgehead atoms. The molecular weight excluding hydrogens is 387 g/mol. The van der Waals surface area contributed by atoms with E-state index in [0.29, 0.717) is 5.56 Å². The smallest absolute Gasteiger partial charge is 0.328 e. The number of hydrogen-bond acceptors (Lipinski definition) is 4. The highest BCUT2D eigenvalue weighted by atomic mass is 19.1. The minimum absolute atomic E-state index is 0.0838. The third-order valence-corrected chi connectivity index (χ3v) is 4.88. The molecule has 2 rings (SSSR count). The molecule has 0 saturated heterocycles. The summed E-state index contributed by atoms with van der Waals surface area (Å²) in [5.74, 6) is -1.97. The lowest BCUT2D eigenvalue weighted by Crippen LogP contribution is -2.53. The summed E-state index contributed by atoms with van der Waals surface area (Å²) in [5.41, 5.74) is 3.48. The van der Waals surface area contributed by atoms with Crippen LogP contribution in [0.3, 0.4) is 0 Å². The molecule has 0 unspecified atom stereocenters. The van der Waals surface area contributed by atoms with E-state index in [1.807, 2.05) is 32.0 Å². The standard InChI is InChI=1S/C23H27FN2O4/c1-14-7-5-8-15(2)19(14)13-21(23(29)30-4)26-22(28)20(25-16(3)27)12-17-9-6-10-18(24)11-17/h5-11,20-21H,12-13H2,1-4H3,(H,25,27)(H,26,28)/t20-,21+/m0/s1. The Morgan fingerprint density at radius 3 is 2.17 bits per heavy atom. The molecule has 160 valence electrons. The fraction of sp³-hybridized carbons (Fsp3) is 0.348. The number of hydrogen-bond donors (Lipinski definition) is 2. The van der Waals surface area contributed by atoms with Crippen LogP contribution in [0.1, 0.15) is 29.2 Å². The summed E-state index contributed by atoms with van der Waals surface area (Å²) in [6.45, 7) is 5.16. The monoisotopic (exact) mass is 414 g/mol. The second kappa shape index (κ2) is 10.5. The number of amides is 2. The van der Waals surface area contributed by atoms with Crippen molar-refractivity contribution in [3.63, 3.8) is 0 Å². The molecule has 0 radical (unpaired) electrons. The van der Waals surface area contributed by atoms with Crippen molar-refractivity contribution in [2.75, 3.05) is 7.11 Å². The van der Waals surface area contributed by atoms with E-state index in [-0.39, 0.29) is 12.8 Å². The largest absolute Gasteiger partial charge is 0.467 e. The summed E-state index contributed by atoms with van der Waals surface area (Å²) in [6, 6.07) is 9.70. The molecule has 0 heterocycles. The van der Waals surface area contributed by atoms with Crippen molar-refractivity contribution in [3.8, 4) is 0 Å². The van der Waals surface area contributed by atoms with Gasteiger partial charge in [-0.3, -0.25) is 9.59 Å². The first-order valence-electron chi connectivity index (χ1n) is 9.66. The van der Waals surface area contributed by atoms with Gasteiger partial charge in [0.2, 0.25) is 11.8 Å². The first-order chi connectivity index (χ1) is 14.2. The van der Waals surface area contributed by atoms with Crippen molar-refractivity contribution in [2.45, 2.75) is 45.7 Å². The van der Waals surface area contributed by atoms with Crippen LogP contribution in [-0.4, -0.2) is 37.0 Å². The number of benzene rings is 2. The summed E-state index contributed by atoms with van der Waals surface area (Å²) >= 11 is 0. The third-order valence-electron chi connectivity index (χ3n) is 4.88. The summed E-state index contributed by atoms with van der Waals surface area (Å²) < 4.78 is 18.4. The van der Waals surface area contributed by atoms with Crippen LogP contribution in [-0.2, 0) is 32.0 Å². The zero-order chi connectivity index (χ0) is 22.3. The topological polar surface area (TPSA) is 84.5 Å². The van der Waals surface area contributed by atoms with Crippen molar-refractivity contribution in [1.82, 2.24) is 10.6 Å². The van der Waals surface area contributed by atoms with Crippen LogP contribution >= 0.6 is 0 Å². The molecule has 0 fully saturated rings. The zero-order valence-corrected chi connectivity index (χ0v) is 17.6. The van der Waals surface area contributed by atoms with E-state index >= 15 is 0 Å². The van der Waals surface area contributed by atoms with Crippen molar-refractivity contribution in [2.24, 2.45) is 0 Å². The van der Waals surface area contributed by atoms with Gasteiger partial charge in [0.05, 0.1) is 7.11 Å². The number of methoxy groups -OCH3 is 1. The van der Waals surface area contributed by atoms with Crippen LogP contribution in [0.5, 0.6) is 0 Å². The van der Waals surface area contributed by atoms with Gasteiger partial charge in [0.25, 0.3) is 0 Å². The first-order valence-corrected chi connectivity index (χ1v) is 9.66. The number of ether oxygens (including phenoxy) is 1. The second-order valence-electron chi connectivity index (χ2n) is 7.25. The lowest BCUT2D eigenvalue weighted by Gasteiger charge is -2.23. The van der Waals surface area contributed by atoms with Crippen LogP contribution in [0, 0.1) is 19.7 Å². The van der Waals surface area contributed by atoms with Crippen molar-refractivity contribution >= 4 is 17.8 Å². The minimum Gasteiger partial charge on any atom is -0.467 e. The Labute approximate surface area is 175 Å². The predicted molar refractivity (Wildman–Crippen MR) is 111 cm³/mol. The molecule has 2 aromatic rings. The van der Waals surface area contributed by atoms with Gasteiger partial charge in [0.15, 0.2) is 0 Å². The van der Waals surface area contributed by atoms with E-state index in [4.69, 9.17) is 4.74 Å². The van der Waals surface area contributed by atoms with Gasteiger partial charge in [-0.1, -0.05) is 30.3 Å². The van der Waals surface area contributed by atoms with Gasteiger partial charge in [-0.25, -0.2) is 9.18 Å². The molecule has 7 heteroatoms. The molecule has 0 aliphatic rings. The molecule has 0 aliphatic carbocycles. The van der Waals surface area contributed by atoms with Gasteiger partial charge in [0.1, 0.15) is 17.9 Å². The lowest BCUT2D eigenvalue weighted by molar-refractivity contribution is -0.145. The summed E-state index contributed by atoms with van der Waals surface area (Å²) in [7, 11) is 1.25. The average Bonchev–Trinajstić information content (AvgIpc) is 2.68. The molecule has 6 nitrogen and oxygen atoms in total. The van der Waals surface area contributed by atoms with E-state index in [0.717, 1.165) is 16.7 Å². The van der Waals surface area contributed by atoms with Crippen LogP contribution in [0.15, 0.2) is 42.5 Å². The van der Waals surface area contributed by atoms with Gasteiger partial charge < -0.3 is 15.4 Å². The van der Waals surface area contributed by atoms with Crippen molar-refractivity contribution < 1.29 is 23.5 Å². The highest BCUT2D eigenvalue weighted by molar-refractivity contribution is 5.90. The van der Waals surface area contributed by atoms with Crippen molar-refractivity contribution in [1.29, 1.82) is 0 Å². The third kappa shape index (κ3) is 6.40.